The van der Waals surface area contributed by atoms with Gasteiger partial charge in [0.05, 0.1) is 0 Å². The molecule has 5 atom stereocenters. The number of hydrogen-bond donors (Lipinski definition) is 0. The van der Waals surface area contributed by atoms with E-state index in [0.29, 0.717) is 11.2 Å². The molecule has 118 valence electrons. The number of fused-ring (bicyclic) bond motifs is 5. The SMILES string of the molecule is CC.CC12CCCC1C1CCC3=CC(=O)CCC3C1CC2. The molecule has 1 nitrogen and oxygen atoms in total. The summed E-state index contributed by atoms with van der Waals surface area (Å²) in [6, 6.07) is 0. The Morgan fingerprint density at radius 2 is 1.81 bits per heavy atom. The maximum absolute atomic E-state index is 11.6. The molecule has 0 amide bonds. The molecule has 0 saturated heterocycles. The van der Waals surface area contributed by atoms with Gasteiger partial charge in [0.15, 0.2) is 5.78 Å². The fraction of sp³-hybridized carbons (Fsp3) is 0.850. The zero-order valence-corrected chi connectivity index (χ0v) is 14.2. The van der Waals surface area contributed by atoms with E-state index in [0.717, 1.165) is 36.5 Å². The van der Waals surface area contributed by atoms with Gasteiger partial charge in [0.1, 0.15) is 0 Å². The number of rotatable bonds is 0. The van der Waals surface area contributed by atoms with E-state index in [1.807, 2.05) is 19.9 Å². The molecule has 3 saturated carbocycles. The second-order valence-corrected chi connectivity index (χ2v) is 7.89. The average Bonchev–Trinajstić information content (AvgIpc) is 2.90. The lowest BCUT2D eigenvalue weighted by molar-refractivity contribution is -0.116. The normalized spacial score (nSPS) is 44.7. The minimum absolute atomic E-state index is 0.395. The lowest BCUT2D eigenvalue weighted by Gasteiger charge is -2.52. The van der Waals surface area contributed by atoms with Crippen molar-refractivity contribution >= 4 is 5.78 Å². The Kier molecular flexibility index (Phi) is 4.30. The highest BCUT2D eigenvalue weighted by Gasteiger charge is 2.52. The molecular weight excluding hydrogens is 256 g/mol. The van der Waals surface area contributed by atoms with Crippen molar-refractivity contribution < 1.29 is 4.79 Å². The van der Waals surface area contributed by atoms with Gasteiger partial charge in [-0.3, -0.25) is 4.79 Å². The van der Waals surface area contributed by atoms with Gasteiger partial charge in [-0.2, -0.15) is 0 Å². The van der Waals surface area contributed by atoms with Crippen LogP contribution in [0.1, 0.15) is 78.6 Å². The molecular formula is C20H32O. The fourth-order valence-electron chi connectivity index (χ4n) is 6.17. The predicted molar refractivity (Wildman–Crippen MR) is 88.1 cm³/mol. The third-order valence-electron chi connectivity index (χ3n) is 7.08. The summed E-state index contributed by atoms with van der Waals surface area (Å²) in [4.78, 5) is 11.6. The summed E-state index contributed by atoms with van der Waals surface area (Å²) in [5.41, 5.74) is 2.20. The van der Waals surface area contributed by atoms with Crippen molar-refractivity contribution in [1.82, 2.24) is 0 Å². The molecule has 0 aliphatic heterocycles. The van der Waals surface area contributed by atoms with Crippen LogP contribution in [0.25, 0.3) is 0 Å². The lowest BCUT2D eigenvalue weighted by atomic mass is 9.52. The topological polar surface area (TPSA) is 17.1 Å². The van der Waals surface area contributed by atoms with E-state index in [-0.39, 0.29) is 0 Å². The van der Waals surface area contributed by atoms with Gasteiger partial charge in [-0.05, 0) is 80.1 Å². The summed E-state index contributed by atoms with van der Waals surface area (Å²) in [6.45, 7) is 6.57. The standard InChI is InChI=1S/C18H26O.C2H6/c1-18-9-2-3-17(18)16-6-4-12-11-13(19)5-7-14(12)15(16)8-10-18;1-2/h11,14-17H,2-10H2,1H3;1-2H3. The number of hydrogen-bond acceptors (Lipinski definition) is 1. The highest BCUT2D eigenvalue weighted by atomic mass is 16.1. The van der Waals surface area contributed by atoms with Crippen molar-refractivity contribution in [1.29, 1.82) is 0 Å². The van der Waals surface area contributed by atoms with Gasteiger partial charge in [0.2, 0.25) is 0 Å². The summed E-state index contributed by atoms with van der Waals surface area (Å²) >= 11 is 0. The Labute approximate surface area is 130 Å². The van der Waals surface area contributed by atoms with Crippen molar-refractivity contribution in [3.63, 3.8) is 0 Å². The smallest absolute Gasteiger partial charge is 0.155 e. The van der Waals surface area contributed by atoms with Crippen LogP contribution in [0.3, 0.4) is 0 Å². The van der Waals surface area contributed by atoms with Crippen LogP contribution in [0.5, 0.6) is 0 Å². The van der Waals surface area contributed by atoms with Crippen LogP contribution in [-0.2, 0) is 4.79 Å². The van der Waals surface area contributed by atoms with Crippen LogP contribution in [0, 0.1) is 29.1 Å². The van der Waals surface area contributed by atoms with Crippen LogP contribution in [-0.4, -0.2) is 5.78 Å². The maximum Gasteiger partial charge on any atom is 0.155 e. The first-order valence-corrected chi connectivity index (χ1v) is 9.41. The molecule has 0 N–H and O–H groups in total. The van der Waals surface area contributed by atoms with E-state index in [1.54, 1.807) is 0 Å². The Balaban J connectivity index is 0.000000636. The van der Waals surface area contributed by atoms with Crippen LogP contribution < -0.4 is 0 Å². The van der Waals surface area contributed by atoms with Crippen LogP contribution >= 0.6 is 0 Å². The van der Waals surface area contributed by atoms with Gasteiger partial charge in [-0.15, -0.1) is 0 Å². The number of allylic oxidation sites excluding steroid dienone is 1. The fourth-order valence-corrected chi connectivity index (χ4v) is 6.17. The summed E-state index contributed by atoms with van der Waals surface area (Å²) in [5.74, 6) is 4.08. The molecule has 0 spiro atoms. The second-order valence-electron chi connectivity index (χ2n) is 7.89. The molecule has 0 bridgehead atoms. The zero-order chi connectivity index (χ0) is 15.0. The van der Waals surface area contributed by atoms with E-state index < -0.39 is 0 Å². The van der Waals surface area contributed by atoms with Gasteiger partial charge < -0.3 is 0 Å². The van der Waals surface area contributed by atoms with Crippen molar-refractivity contribution in [2.75, 3.05) is 0 Å². The van der Waals surface area contributed by atoms with E-state index in [2.05, 4.69) is 6.92 Å². The Hall–Kier alpha value is -0.590. The van der Waals surface area contributed by atoms with Gasteiger partial charge >= 0.3 is 0 Å². The Morgan fingerprint density at radius 3 is 2.62 bits per heavy atom. The molecule has 5 unspecified atom stereocenters. The first kappa shape index (κ1) is 15.3. The van der Waals surface area contributed by atoms with Crippen molar-refractivity contribution in [3.05, 3.63) is 11.6 Å². The average molecular weight is 288 g/mol. The minimum Gasteiger partial charge on any atom is -0.295 e. The van der Waals surface area contributed by atoms with Gasteiger partial charge in [0.25, 0.3) is 0 Å². The number of ketones is 1. The molecule has 0 radical (unpaired) electrons. The largest absolute Gasteiger partial charge is 0.295 e. The predicted octanol–water partition coefficient (Wildman–Crippen LogP) is 5.54. The third kappa shape index (κ3) is 2.51. The molecule has 4 aliphatic carbocycles. The summed E-state index contributed by atoms with van der Waals surface area (Å²) < 4.78 is 0. The molecule has 1 heteroatoms. The summed E-state index contributed by atoms with van der Waals surface area (Å²) in [7, 11) is 0. The molecule has 3 fully saturated rings. The lowest BCUT2D eigenvalue weighted by Crippen LogP contribution is -2.44. The maximum atomic E-state index is 11.6. The van der Waals surface area contributed by atoms with Crippen molar-refractivity contribution in [2.24, 2.45) is 29.1 Å². The number of carbonyl (C=O) groups excluding carboxylic acids is 1. The van der Waals surface area contributed by atoms with Crippen LogP contribution in [0.2, 0.25) is 0 Å². The molecule has 21 heavy (non-hydrogen) atoms. The molecule has 0 heterocycles. The first-order chi connectivity index (χ1) is 10.2. The zero-order valence-electron chi connectivity index (χ0n) is 14.2. The second kappa shape index (κ2) is 5.89. The third-order valence-corrected chi connectivity index (χ3v) is 7.08. The monoisotopic (exact) mass is 288 g/mol. The van der Waals surface area contributed by atoms with E-state index in [1.165, 1.54) is 50.5 Å². The molecule has 0 aromatic carbocycles. The molecule has 0 aromatic rings. The van der Waals surface area contributed by atoms with E-state index >= 15 is 0 Å². The van der Waals surface area contributed by atoms with Crippen LogP contribution in [0.15, 0.2) is 11.6 Å². The molecule has 4 aliphatic rings. The van der Waals surface area contributed by atoms with Gasteiger partial charge in [0, 0.05) is 6.42 Å². The summed E-state index contributed by atoms with van der Waals surface area (Å²) in [5, 5.41) is 0. The van der Waals surface area contributed by atoms with Gasteiger partial charge in [-0.1, -0.05) is 32.8 Å². The summed E-state index contributed by atoms with van der Waals surface area (Å²) in [6.07, 6.45) is 13.9. The van der Waals surface area contributed by atoms with Crippen LogP contribution in [0.4, 0.5) is 0 Å². The minimum atomic E-state index is 0.395. The quantitative estimate of drug-likeness (QED) is 0.571. The van der Waals surface area contributed by atoms with Crippen molar-refractivity contribution in [3.8, 4) is 0 Å². The van der Waals surface area contributed by atoms with E-state index in [4.69, 9.17) is 0 Å². The Morgan fingerprint density at radius 1 is 1.00 bits per heavy atom. The van der Waals surface area contributed by atoms with Crippen molar-refractivity contribution in [2.45, 2.75) is 78.6 Å². The molecule has 4 rings (SSSR count). The Bertz CT molecular complexity index is 435. The number of carbonyl (C=O) groups is 1. The van der Waals surface area contributed by atoms with E-state index in [9.17, 15) is 4.79 Å². The highest BCUT2D eigenvalue weighted by molar-refractivity contribution is 5.91. The molecule has 0 aromatic heterocycles. The van der Waals surface area contributed by atoms with Gasteiger partial charge in [-0.25, -0.2) is 0 Å². The highest BCUT2D eigenvalue weighted by Crippen LogP contribution is 2.61. The first-order valence-electron chi connectivity index (χ1n) is 9.41.